The van der Waals surface area contributed by atoms with E-state index < -0.39 is 17.7 Å². The number of hydrogen-bond acceptors (Lipinski definition) is 8. The third-order valence-electron chi connectivity index (χ3n) is 3.27. The van der Waals surface area contributed by atoms with Gasteiger partial charge in [-0.2, -0.15) is 5.06 Å². The largest absolute Gasteiger partial charge is 0.466 e. The molecule has 1 rings (SSSR count). The zero-order valence-electron chi connectivity index (χ0n) is 16.0. The van der Waals surface area contributed by atoms with Crippen LogP contribution < -0.4 is 0 Å². The van der Waals surface area contributed by atoms with Crippen molar-refractivity contribution in [3.8, 4) is 0 Å². The summed E-state index contributed by atoms with van der Waals surface area (Å²) in [6.45, 7) is 11.0. The summed E-state index contributed by atoms with van der Waals surface area (Å²) in [5.74, 6) is -0.820. The molecular weight excluding hydrogens is 344 g/mol. The first kappa shape index (κ1) is 21.5. The Bertz CT molecular complexity index is 582. The van der Waals surface area contributed by atoms with Gasteiger partial charge in [0.15, 0.2) is 5.69 Å². The highest BCUT2D eigenvalue weighted by Crippen LogP contribution is 2.19. The van der Waals surface area contributed by atoms with Crippen molar-refractivity contribution < 1.29 is 23.9 Å². The van der Waals surface area contributed by atoms with E-state index in [1.54, 1.807) is 24.4 Å². The Labute approximate surface area is 153 Å². The molecule has 0 saturated heterocycles. The molecule has 0 aliphatic rings. The number of hydroxylamine groups is 2. The van der Waals surface area contributed by atoms with Gasteiger partial charge >= 0.3 is 11.9 Å². The average molecular weight is 372 g/mol. The van der Waals surface area contributed by atoms with Crippen molar-refractivity contribution in [2.24, 2.45) is 0 Å². The predicted molar refractivity (Wildman–Crippen MR) is 95.4 cm³/mol. The minimum Gasteiger partial charge on any atom is -0.466 e. The van der Waals surface area contributed by atoms with Crippen molar-refractivity contribution >= 4 is 23.3 Å². The Morgan fingerprint density at radius 2 is 2.00 bits per heavy atom. The monoisotopic (exact) mass is 372 g/mol. The van der Waals surface area contributed by atoms with Gasteiger partial charge in [0, 0.05) is 25.8 Å². The Balaban J connectivity index is 2.77. The zero-order valence-corrected chi connectivity index (χ0v) is 16.8. The summed E-state index contributed by atoms with van der Waals surface area (Å²) in [7, 11) is 1.78. The number of aryl methyl sites for hydroxylation is 1. The molecule has 25 heavy (non-hydrogen) atoms. The van der Waals surface area contributed by atoms with E-state index in [1.165, 1.54) is 18.3 Å². The van der Waals surface area contributed by atoms with Crippen LogP contribution in [0.15, 0.2) is 5.38 Å². The van der Waals surface area contributed by atoms with Gasteiger partial charge in [-0.25, -0.2) is 9.78 Å². The fraction of sp³-hybridized carbons (Fsp3) is 0.706. The van der Waals surface area contributed by atoms with Crippen LogP contribution in [0.3, 0.4) is 0 Å². The van der Waals surface area contributed by atoms with Crippen LogP contribution >= 0.6 is 11.3 Å². The number of ether oxygens (including phenoxy) is 2. The Kier molecular flexibility index (Phi) is 7.98. The SMILES string of the molecule is CC(=O)OCC[C@H](C(C)OC(=O)c1csc(C)n1)N(C)OC(C)(C)C. The normalized spacial score (nSPS) is 14.2. The van der Waals surface area contributed by atoms with Gasteiger partial charge in [-0.05, 0) is 34.6 Å². The number of rotatable bonds is 8. The number of carbonyl (C=O) groups excluding carboxylic acids is 2. The van der Waals surface area contributed by atoms with Crippen molar-refractivity contribution in [1.29, 1.82) is 0 Å². The van der Waals surface area contributed by atoms with Gasteiger partial charge in [-0.1, -0.05) is 0 Å². The van der Waals surface area contributed by atoms with Crippen LogP contribution in [0.1, 0.15) is 56.5 Å². The third kappa shape index (κ3) is 7.94. The molecule has 1 unspecified atom stereocenters. The summed E-state index contributed by atoms with van der Waals surface area (Å²) in [6.07, 6.45) is -0.00567. The van der Waals surface area contributed by atoms with E-state index in [1.807, 2.05) is 27.7 Å². The molecule has 0 aliphatic carbocycles. The van der Waals surface area contributed by atoms with Gasteiger partial charge in [0.25, 0.3) is 0 Å². The summed E-state index contributed by atoms with van der Waals surface area (Å²) >= 11 is 1.39. The van der Waals surface area contributed by atoms with E-state index >= 15 is 0 Å². The van der Waals surface area contributed by atoms with Gasteiger partial charge in [0.2, 0.25) is 0 Å². The van der Waals surface area contributed by atoms with Crippen LogP contribution in [-0.2, 0) is 19.1 Å². The quantitative estimate of drug-likeness (QED) is 0.513. The molecule has 2 atom stereocenters. The lowest BCUT2D eigenvalue weighted by Crippen LogP contribution is -2.46. The first-order valence-electron chi connectivity index (χ1n) is 8.18. The first-order chi connectivity index (χ1) is 11.5. The molecule has 0 bridgehead atoms. The van der Waals surface area contributed by atoms with Crippen LogP contribution in [0.5, 0.6) is 0 Å². The fourth-order valence-corrected chi connectivity index (χ4v) is 2.88. The summed E-state index contributed by atoms with van der Waals surface area (Å²) in [4.78, 5) is 33.2. The van der Waals surface area contributed by atoms with Crippen LogP contribution in [0.25, 0.3) is 0 Å². The Morgan fingerprint density at radius 1 is 1.36 bits per heavy atom. The summed E-state index contributed by atoms with van der Waals surface area (Å²) in [6, 6.07) is -0.276. The molecule has 0 spiro atoms. The highest BCUT2D eigenvalue weighted by molar-refractivity contribution is 7.09. The molecule has 0 N–H and O–H groups in total. The lowest BCUT2D eigenvalue weighted by Gasteiger charge is -2.35. The van der Waals surface area contributed by atoms with E-state index in [-0.39, 0.29) is 18.6 Å². The maximum atomic E-state index is 12.2. The fourth-order valence-electron chi connectivity index (χ4n) is 2.30. The van der Waals surface area contributed by atoms with Gasteiger partial charge in [-0.15, -0.1) is 11.3 Å². The van der Waals surface area contributed by atoms with Crippen LogP contribution in [-0.4, -0.2) is 53.4 Å². The van der Waals surface area contributed by atoms with Gasteiger partial charge in [0.05, 0.1) is 23.3 Å². The molecule has 142 valence electrons. The number of hydrogen-bond donors (Lipinski definition) is 0. The molecule has 0 saturated carbocycles. The molecule has 0 fully saturated rings. The molecular formula is C17H28N2O5S. The minimum absolute atomic E-state index is 0.218. The van der Waals surface area contributed by atoms with Crippen LogP contribution in [0.2, 0.25) is 0 Å². The van der Waals surface area contributed by atoms with E-state index in [2.05, 4.69) is 4.98 Å². The maximum Gasteiger partial charge on any atom is 0.358 e. The highest BCUT2D eigenvalue weighted by Gasteiger charge is 2.29. The maximum absolute atomic E-state index is 12.2. The second kappa shape index (κ2) is 9.26. The van der Waals surface area contributed by atoms with Crippen molar-refractivity contribution in [2.45, 2.75) is 65.7 Å². The van der Waals surface area contributed by atoms with Crippen molar-refractivity contribution in [1.82, 2.24) is 10.0 Å². The Hall–Kier alpha value is -1.51. The topological polar surface area (TPSA) is 78.0 Å². The summed E-state index contributed by atoms with van der Waals surface area (Å²) in [5, 5.41) is 4.14. The van der Waals surface area contributed by atoms with Crippen LogP contribution in [0.4, 0.5) is 0 Å². The van der Waals surface area contributed by atoms with E-state index in [0.29, 0.717) is 12.1 Å². The molecule has 0 aromatic carbocycles. The highest BCUT2D eigenvalue weighted by atomic mass is 32.1. The van der Waals surface area contributed by atoms with Gasteiger partial charge in [-0.3, -0.25) is 9.63 Å². The lowest BCUT2D eigenvalue weighted by atomic mass is 10.1. The van der Waals surface area contributed by atoms with Crippen molar-refractivity contribution in [2.75, 3.05) is 13.7 Å². The van der Waals surface area contributed by atoms with E-state index in [0.717, 1.165) is 5.01 Å². The number of carbonyl (C=O) groups is 2. The molecule has 1 aromatic heterocycles. The third-order valence-corrected chi connectivity index (χ3v) is 4.04. The molecule has 0 radical (unpaired) electrons. The summed E-state index contributed by atoms with van der Waals surface area (Å²) < 4.78 is 10.6. The Morgan fingerprint density at radius 3 is 2.48 bits per heavy atom. The van der Waals surface area contributed by atoms with Crippen LogP contribution in [0, 0.1) is 6.92 Å². The molecule has 0 aliphatic heterocycles. The number of nitrogens with zero attached hydrogens (tertiary/aromatic N) is 2. The zero-order chi connectivity index (χ0) is 19.2. The van der Waals surface area contributed by atoms with Crippen molar-refractivity contribution in [3.63, 3.8) is 0 Å². The van der Waals surface area contributed by atoms with E-state index in [9.17, 15) is 9.59 Å². The molecule has 1 aromatic rings. The molecule has 7 nitrogen and oxygen atoms in total. The molecule has 0 amide bonds. The second-order valence-electron chi connectivity index (χ2n) is 6.81. The smallest absolute Gasteiger partial charge is 0.358 e. The average Bonchev–Trinajstić information content (AvgIpc) is 2.87. The van der Waals surface area contributed by atoms with Crippen molar-refractivity contribution in [3.05, 3.63) is 16.1 Å². The lowest BCUT2D eigenvalue weighted by molar-refractivity contribution is -0.248. The second-order valence-corrected chi connectivity index (χ2v) is 7.87. The molecule has 8 heteroatoms. The first-order valence-corrected chi connectivity index (χ1v) is 9.06. The number of thiazole rings is 1. The van der Waals surface area contributed by atoms with Gasteiger partial charge in [0.1, 0.15) is 6.10 Å². The number of likely N-dealkylation sites (N-methyl/N-ethyl adjacent to an activating group) is 1. The standard InChI is InChI=1S/C17H28N2O5S/c1-11(23-16(21)14-10-25-12(2)18-14)15(8-9-22-13(3)20)19(7)24-17(4,5)6/h10-11,15H,8-9H2,1-7H3/t11?,15-/m1/s1. The number of esters is 2. The molecule has 1 heterocycles. The minimum atomic E-state index is -0.475. The van der Waals surface area contributed by atoms with Gasteiger partial charge < -0.3 is 9.47 Å². The van der Waals surface area contributed by atoms with E-state index in [4.69, 9.17) is 14.3 Å². The predicted octanol–water partition coefficient (Wildman–Crippen LogP) is 2.98. The number of aromatic nitrogens is 1. The summed E-state index contributed by atoms with van der Waals surface area (Å²) in [5.41, 5.74) is -0.100.